The van der Waals surface area contributed by atoms with Gasteiger partial charge in [0.05, 0.1) is 0 Å². The highest BCUT2D eigenvalue weighted by molar-refractivity contribution is 7.32. The Morgan fingerprint density at radius 1 is 0.640 bits per heavy atom. The van der Waals surface area contributed by atoms with Crippen molar-refractivity contribution in [1.29, 1.82) is 0 Å². The Morgan fingerprint density at radius 2 is 1.22 bits per heavy atom. The molecular formula is C43H35N2O4P. The van der Waals surface area contributed by atoms with Gasteiger partial charge in [-0.15, -0.1) is 0 Å². The molecule has 2 aromatic heterocycles. The highest BCUT2D eigenvalue weighted by Crippen LogP contribution is 2.47. The van der Waals surface area contributed by atoms with E-state index in [1.54, 1.807) is 6.07 Å². The summed E-state index contributed by atoms with van der Waals surface area (Å²) in [4.78, 5) is 18.0. The standard InChI is InChI=1S/C43H35N2O4P/c1-25-21-27(3)39(35(23-25)45-43(46)34-16-10-11-29(5)44-34)40-28(4)22-26(2)24-38(40)49-50-47-36-19-17-30-12-6-8-14-32(30)41(36)42-33-15-9-7-13-31(33)18-20-37(42)48-50/h6-24H,1-5H3,(H,45,46). The first-order valence-corrected chi connectivity index (χ1v) is 17.7. The van der Waals surface area contributed by atoms with Crippen molar-refractivity contribution in [2.75, 3.05) is 5.32 Å². The molecule has 0 aliphatic heterocycles. The van der Waals surface area contributed by atoms with Crippen LogP contribution < -0.4 is 9.84 Å². The van der Waals surface area contributed by atoms with E-state index in [0.29, 0.717) is 28.3 Å². The number of hydrogen-bond donors (Lipinski definition) is 1. The third kappa shape index (κ3) is 5.68. The average molecular weight is 675 g/mol. The molecule has 0 aliphatic carbocycles. The summed E-state index contributed by atoms with van der Waals surface area (Å²) in [5, 5.41) is 9.51. The van der Waals surface area contributed by atoms with Gasteiger partial charge in [0.25, 0.3) is 5.91 Å². The van der Waals surface area contributed by atoms with Gasteiger partial charge in [0.2, 0.25) is 0 Å². The minimum Gasteiger partial charge on any atom is -0.390 e. The Hall–Kier alpha value is -5.84. The first kappa shape index (κ1) is 31.4. The number of amides is 1. The van der Waals surface area contributed by atoms with E-state index in [4.69, 9.17) is 12.9 Å². The minimum absolute atomic E-state index is 0.278. The number of aromatic nitrogens is 1. The van der Waals surface area contributed by atoms with E-state index >= 15 is 0 Å². The van der Waals surface area contributed by atoms with E-state index in [-0.39, 0.29) is 5.91 Å². The minimum atomic E-state index is -1.97. The molecule has 6 nitrogen and oxygen atoms in total. The van der Waals surface area contributed by atoms with Gasteiger partial charge in [-0.3, -0.25) is 4.79 Å². The fraction of sp³-hybridized carbons (Fsp3) is 0.116. The molecule has 6 aromatic carbocycles. The molecule has 0 saturated carbocycles. The van der Waals surface area contributed by atoms with Crippen LogP contribution >= 0.6 is 8.24 Å². The molecule has 0 spiro atoms. The van der Waals surface area contributed by atoms with Crippen molar-refractivity contribution < 1.29 is 17.7 Å². The van der Waals surface area contributed by atoms with E-state index in [9.17, 15) is 4.79 Å². The molecule has 7 heteroatoms. The zero-order valence-electron chi connectivity index (χ0n) is 28.5. The van der Waals surface area contributed by atoms with Gasteiger partial charge < -0.3 is 18.2 Å². The van der Waals surface area contributed by atoms with Crippen molar-refractivity contribution in [1.82, 2.24) is 4.98 Å². The number of nitrogens with one attached hydrogen (secondary N) is 1. The molecule has 8 rings (SSSR count). The molecule has 0 saturated heterocycles. The summed E-state index contributed by atoms with van der Waals surface area (Å²) < 4.78 is 20.3. The molecule has 0 bridgehead atoms. The first-order valence-electron chi connectivity index (χ1n) is 16.6. The predicted molar refractivity (Wildman–Crippen MR) is 205 cm³/mol. The Kier molecular flexibility index (Phi) is 7.89. The molecular weight excluding hydrogens is 639 g/mol. The summed E-state index contributed by atoms with van der Waals surface area (Å²) >= 11 is 0. The number of anilines is 1. The second kappa shape index (κ2) is 12.6. The maximum atomic E-state index is 13.5. The topological polar surface area (TPSA) is 77.5 Å². The molecule has 0 atom stereocenters. The van der Waals surface area contributed by atoms with Crippen LogP contribution in [-0.4, -0.2) is 10.9 Å². The molecule has 50 heavy (non-hydrogen) atoms. The van der Waals surface area contributed by atoms with Gasteiger partial charge in [-0.05, 0) is 115 Å². The molecule has 0 unspecified atom stereocenters. The lowest BCUT2D eigenvalue weighted by atomic mass is 9.91. The summed E-state index contributed by atoms with van der Waals surface area (Å²) in [5.74, 6) is 0.330. The number of carbonyl (C=O) groups is 1. The van der Waals surface area contributed by atoms with Crippen molar-refractivity contribution in [2.45, 2.75) is 34.6 Å². The van der Waals surface area contributed by atoms with Gasteiger partial charge in [0, 0.05) is 33.3 Å². The summed E-state index contributed by atoms with van der Waals surface area (Å²) in [6.07, 6.45) is 0. The van der Waals surface area contributed by atoms with Crippen molar-refractivity contribution >= 4 is 63.3 Å². The van der Waals surface area contributed by atoms with Gasteiger partial charge in [-0.1, -0.05) is 78.9 Å². The summed E-state index contributed by atoms with van der Waals surface area (Å²) in [5.41, 5.74) is 8.98. The van der Waals surface area contributed by atoms with Gasteiger partial charge in [0.15, 0.2) is 0 Å². The van der Waals surface area contributed by atoms with Crippen LogP contribution in [0.3, 0.4) is 0 Å². The van der Waals surface area contributed by atoms with Crippen LogP contribution in [0.5, 0.6) is 5.75 Å². The fourth-order valence-electron chi connectivity index (χ4n) is 7.04. The Labute approximate surface area is 291 Å². The Morgan fingerprint density at radius 3 is 1.84 bits per heavy atom. The van der Waals surface area contributed by atoms with Crippen molar-refractivity contribution in [2.24, 2.45) is 0 Å². The summed E-state index contributed by atoms with van der Waals surface area (Å²) in [6, 6.07) is 38.5. The zero-order valence-corrected chi connectivity index (χ0v) is 29.4. The smallest absolute Gasteiger partial charge is 0.390 e. The van der Waals surface area contributed by atoms with E-state index in [1.165, 1.54) is 0 Å². The van der Waals surface area contributed by atoms with Gasteiger partial charge in [-0.25, -0.2) is 4.98 Å². The molecule has 1 amide bonds. The molecule has 0 radical (unpaired) electrons. The number of carbonyl (C=O) groups excluding carboxylic acids is 1. The number of nitrogens with zero attached hydrogens (tertiary/aromatic N) is 1. The second-order valence-corrected chi connectivity index (χ2v) is 13.9. The van der Waals surface area contributed by atoms with E-state index in [2.05, 4.69) is 84.8 Å². The van der Waals surface area contributed by atoms with Crippen LogP contribution in [0, 0.1) is 34.6 Å². The zero-order chi connectivity index (χ0) is 34.5. The van der Waals surface area contributed by atoms with Crippen LogP contribution in [0.4, 0.5) is 5.69 Å². The third-order valence-corrected chi connectivity index (χ3v) is 10.1. The van der Waals surface area contributed by atoms with E-state index in [0.717, 1.165) is 71.4 Å². The van der Waals surface area contributed by atoms with Crippen molar-refractivity contribution in [3.8, 4) is 16.9 Å². The molecule has 0 fully saturated rings. The van der Waals surface area contributed by atoms with Crippen LogP contribution in [0.1, 0.15) is 38.4 Å². The molecule has 0 aliphatic rings. The third-order valence-electron chi connectivity index (χ3n) is 9.09. The molecule has 2 heterocycles. The van der Waals surface area contributed by atoms with Crippen LogP contribution in [0.2, 0.25) is 0 Å². The average Bonchev–Trinajstić information content (AvgIpc) is 3.25. The van der Waals surface area contributed by atoms with Crippen LogP contribution in [0.25, 0.3) is 54.6 Å². The number of aryl methyl sites for hydroxylation is 5. The number of hydrogen-bond acceptors (Lipinski definition) is 5. The normalized spacial score (nSPS) is 11.4. The largest absolute Gasteiger partial charge is 0.453 e. The number of benzene rings is 6. The Bertz CT molecular complexity index is 2600. The summed E-state index contributed by atoms with van der Waals surface area (Å²) in [6.45, 7) is 10.1. The number of rotatable bonds is 5. The van der Waals surface area contributed by atoms with E-state index in [1.807, 2.05) is 69.3 Å². The predicted octanol–water partition coefficient (Wildman–Crippen LogP) is 12.3. The number of pyridine rings is 1. The molecule has 246 valence electrons. The number of fused-ring (bicyclic) bond motifs is 7. The molecule has 8 aromatic rings. The summed E-state index contributed by atoms with van der Waals surface area (Å²) in [7, 11) is -1.97. The SMILES string of the molecule is Cc1cc(C)c(-c2c(C)cc(C)cc2Op2oc3ccc4ccccc4c3c3c(ccc4ccccc43)o2)c(NC(=O)c2cccc(C)n2)c1. The lowest BCUT2D eigenvalue weighted by molar-refractivity contribution is 0.102. The van der Waals surface area contributed by atoms with Crippen molar-refractivity contribution in [3.05, 3.63) is 149 Å². The highest BCUT2D eigenvalue weighted by Gasteiger charge is 2.22. The van der Waals surface area contributed by atoms with Gasteiger partial charge in [-0.2, -0.15) is 0 Å². The van der Waals surface area contributed by atoms with Crippen molar-refractivity contribution in [3.63, 3.8) is 0 Å². The maximum absolute atomic E-state index is 13.5. The van der Waals surface area contributed by atoms with Crippen LogP contribution in [0.15, 0.2) is 124 Å². The quantitative estimate of drug-likeness (QED) is 0.197. The molecule has 1 N–H and O–H groups in total. The van der Waals surface area contributed by atoms with E-state index < -0.39 is 8.24 Å². The monoisotopic (exact) mass is 674 g/mol. The van der Waals surface area contributed by atoms with Crippen LogP contribution in [-0.2, 0) is 0 Å². The fourth-order valence-corrected chi connectivity index (χ4v) is 8.08. The Balaban J connectivity index is 1.35. The second-order valence-electron chi connectivity index (χ2n) is 12.9. The highest BCUT2D eigenvalue weighted by atomic mass is 31.1. The lowest BCUT2D eigenvalue weighted by Crippen LogP contribution is -2.15. The lowest BCUT2D eigenvalue weighted by Gasteiger charge is -2.20. The van der Waals surface area contributed by atoms with Gasteiger partial charge >= 0.3 is 8.24 Å². The first-order chi connectivity index (χ1) is 24.2. The van der Waals surface area contributed by atoms with Gasteiger partial charge in [0.1, 0.15) is 22.6 Å². The maximum Gasteiger partial charge on any atom is 0.453 e.